The number of hydrogen-bond acceptors (Lipinski definition) is 2. The lowest BCUT2D eigenvalue weighted by molar-refractivity contribution is 0.145. The van der Waals surface area contributed by atoms with Crippen LogP contribution in [0.2, 0.25) is 0 Å². The van der Waals surface area contributed by atoms with Crippen LogP contribution in [0.4, 0.5) is 4.39 Å². The Morgan fingerprint density at radius 3 is 2.63 bits per heavy atom. The standard InChI is InChI=1S/C14H22FN3O/c1-3-19-10-4-9-17-14(16-2)18-11-12-5-7-13(15)8-6-12/h5-8H,3-4,9-11H2,1-2H3,(H2,16,17,18). The monoisotopic (exact) mass is 267 g/mol. The number of rotatable bonds is 7. The Morgan fingerprint density at radius 1 is 1.26 bits per heavy atom. The highest BCUT2D eigenvalue weighted by Crippen LogP contribution is 2.01. The molecule has 0 spiro atoms. The van der Waals surface area contributed by atoms with Crippen LogP contribution in [0.25, 0.3) is 0 Å². The maximum atomic E-state index is 12.8. The van der Waals surface area contributed by atoms with Crippen molar-refractivity contribution in [2.75, 3.05) is 26.8 Å². The molecule has 0 unspecified atom stereocenters. The van der Waals surface area contributed by atoms with Crippen molar-refractivity contribution in [1.29, 1.82) is 0 Å². The number of halogens is 1. The SMILES string of the molecule is CCOCCCNC(=NC)NCc1ccc(F)cc1. The Hall–Kier alpha value is -1.62. The largest absolute Gasteiger partial charge is 0.382 e. The zero-order chi connectivity index (χ0) is 13.9. The molecule has 0 aliphatic rings. The number of hydrogen-bond donors (Lipinski definition) is 2. The minimum Gasteiger partial charge on any atom is -0.382 e. The highest BCUT2D eigenvalue weighted by molar-refractivity contribution is 5.79. The van der Waals surface area contributed by atoms with Crippen LogP contribution in [0.3, 0.4) is 0 Å². The Labute approximate surface area is 114 Å². The second-order valence-corrected chi connectivity index (χ2v) is 4.03. The molecule has 106 valence electrons. The quantitative estimate of drug-likeness (QED) is 0.451. The smallest absolute Gasteiger partial charge is 0.191 e. The average Bonchev–Trinajstić information content (AvgIpc) is 2.44. The third-order valence-corrected chi connectivity index (χ3v) is 2.56. The van der Waals surface area contributed by atoms with Crippen molar-refractivity contribution in [2.45, 2.75) is 19.9 Å². The number of ether oxygens (including phenoxy) is 1. The van der Waals surface area contributed by atoms with Crippen LogP contribution in [-0.2, 0) is 11.3 Å². The molecule has 0 bridgehead atoms. The Bertz CT molecular complexity index is 379. The lowest BCUT2D eigenvalue weighted by atomic mass is 10.2. The van der Waals surface area contributed by atoms with Gasteiger partial charge in [-0.1, -0.05) is 12.1 Å². The first kappa shape index (κ1) is 15.4. The summed E-state index contributed by atoms with van der Waals surface area (Å²) in [5.41, 5.74) is 1.01. The van der Waals surface area contributed by atoms with E-state index < -0.39 is 0 Å². The molecule has 0 aliphatic heterocycles. The first-order valence-electron chi connectivity index (χ1n) is 6.53. The molecule has 0 amide bonds. The molecule has 4 nitrogen and oxygen atoms in total. The van der Waals surface area contributed by atoms with Crippen LogP contribution in [-0.4, -0.2) is 32.8 Å². The molecule has 2 N–H and O–H groups in total. The molecule has 19 heavy (non-hydrogen) atoms. The summed E-state index contributed by atoms with van der Waals surface area (Å²) in [4.78, 5) is 4.12. The fourth-order valence-electron chi connectivity index (χ4n) is 1.53. The topological polar surface area (TPSA) is 45.6 Å². The van der Waals surface area contributed by atoms with E-state index in [0.29, 0.717) is 6.54 Å². The van der Waals surface area contributed by atoms with Gasteiger partial charge in [-0.2, -0.15) is 0 Å². The highest BCUT2D eigenvalue weighted by Gasteiger charge is 1.98. The second-order valence-electron chi connectivity index (χ2n) is 4.03. The maximum absolute atomic E-state index is 12.8. The van der Waals surface area contributed by atoms with Crippen LogP contribution in [0, 0.1) is 5.82 Å². The minimum absolute atomic E-state index is 0.220. The minimum atomic E-state index is -0.220. The van der Waals surface area contributed by atoms with E-state index in [-0.39, 0.29) is 5.82 Å². The summed E-state index contributed by atoms with van der Waals surface area (Å²) in [6.45, 7) is 4.90. The summed E-state index contributed by atoms with van der Waals surface area (Å²) in [5.74, 6) is 0.517. The summed E-state index contributed by atoms with van der Waals surface area (Å²) in [6.07, 6.45) is 0.936. The van der Waals surface area contributed by atoms with Crippen LogP contribution >= 0.6 is 0 Å². The molecule has 0 heterocycles. The molecule has 1 aromatic carbocycles. The second kappa shape index (κ2) is 9.33. The number of nitrogens with zero attached hydrogens (tertiary/aromatic N) is 1. The normalized spacial score (nSPS) is 11.4. The third kappa shape index (κ3) is 6.76. The molecule has 0 fully saturated rings. The van der Waals surface area contributed by atoms with Gasteiger partial charge in [0.25, 0.3) is 0 Å². The fraction of sp³-hybridized carbons (Fsp3) is 0.500. The van der Waals surface area contributed by atoms with Crippen molar-refractivity contribution in [3.8, 4) is 0 Å². The van der Waals surface area contributed by atoms with Crippen molar-refractivity contribution in [3.63, 3.8) is 0 Å². The van der Waals surface area contributed by atoms with E-state index in [1.807, 2.05) is 6.92 Å². The molecule has 0 aromatic heterocycles. The van der Waals surface area contributed by atoms with E-state index in [4.69, 9.17) is 4.74 Å². The maximum Gasteiger partial charge on any atom is 0.191 e. The van der Waals surface area contributed by atoms with Gasteiger partial charge in [-0.25, -0.2) is 4.39 Å². The van der Waals surface area contributed by atoms with E-state index in [1.165, 1.54) is 12.1 Å². The van der Waals surface area contributed by atoms with E-state index >= 15 is 0 Å². The predicted octanol–water partition coefficient (Wildman–Crippen LogP) is 1.92. The van der Waals surface area contributed by atoms with Gasteiger partial charge in [0, 0.05) is 33.4 Å². The molecule has 1 aromatic rings. The van der Waals surface area contributed by atoms with Gasteiger partial charge in [0.05, 0.1) is 0 Å². The van der Waals surface area contributed by atoms with Gasteiger partial charge in [0.15, 0.2) is 5.96 Å². The van der Waals surface area contributed by atoms with Crippen molar-refractivity contribution in [1.82, 2.24) is 10.6 Å². The van der Waals surface area contributed by atoms with E-state index in [1.54, 1.807) is 19.2 Å². The summed E-state index contributed by atoms with van der Waals surface area (Å²) in [5, 5.41) is 6.37. The summed E-state index contributed by atoms with van der Waals surface area (Å²) >= 11 is 0. The van der Waals surface area contributed by atoms with Crippen molar-refractivity contribution < 1.29 is 9.13 Å². The van der Waals surface area contributed by atoms with E-state index in [2.05, 4.69) is 15.6 Å². The van der Waals surface area contributed by atoms with Gasteiger partial charge in [-0.05, 0) is 31.0 Å². The summed E-state index contributed by atoms with van der Waals surface area (Å²) in [7, 11) is 1.72. The van der Waals surface area contributed by atoms with Gasteiger partial charge in [-0.3, -0.25) is 4.99 Å². The predicted molar refractivity (Wildman–Crippen MR) is 75.7 cm³/mol. The van der Waals surface area contributed by atoms with Gasteiger partial charge < -0.3 is 15.4 Å². The van der Waals surface area contributed by atoms with Crippen molar-refractivity contribution in [2.24, 2.45) is 4.99 Å². The van der Waals surface area contributed by atoms with Gasteiger partial charge in [0.2, 0.25) is 0 Å². The molecule has 0 saturated carbocycles. The van der Waals surface area contributed by atoms with Crippen LogP contribution in [0.15, 0.2) is 29.3 Å². The molecule has 5 heteroatoms. The Morgan fingerprint density at radius 2 is 2.00 bits per heavy atom. The molecule has 0 atom stereocenters. The molecule has 1 rings (SSSR count). The fourth-order valence-corrected chi connectivity index (χ4v) is 1.53. The van der Waals surface area contributed by atoms with Crippen LogP contribution in [0.5, 0.6) is 0 Å². The highest BCUT2D eigenvalue weighted by atomic mass is 19.1. The van der Waals surface area contributed by atoms with Gasteiger partial charge in [-0.15, -0.1) is 0 Å². The lowest BCUT2D eigenvalue weighted by Gasteiger charge is -2.11. The van der Waals surface area contributed by atoms with E-state index in [9.17, 15) is 4.39 Å². The molecular formula is C14H22FN3O. The first-order chi connectivity index (χ1) is 9.26. The van der Waals surface area contributed by atoms with Crippen molar-refractivity contribution >= 4 is 5.96 Å². The van der Waals surface area contributed by atoms with E-state index in [0.717, 1.165) is 37.7 Å². The van der Waals surface area contributed by atoms with Gasteiger partial charge in [0.1, 0.15) is 5.82 Å². The van der Waals surface area contributed by atoms with Crippen LogP contribution in [0.1, 0.15) is 18.9 Å². The van der Waals surface area contributed by atoms with Crippen LogP contribution < -0.4 is 10.6 Å². The summed E-state index contributed by atoms with van der Waals surface area (Å²) in [6, 6.07) is 6.42. The average molecular weight is 267 g/mol. The van der Waals surface area contributed by atoms with Gasteiger partial charge >= 0.3 is 0 Å². The number of benzene rings is 1. The number of nitrogens with one attached hydrogen (secondary N) is 2. The zero-order valence-corrected chi connectivity index (χ0v) is 11.6. The number of aliphatic imine (C=N–C) groups is 1. The molecule has 0 radical (unpaired) electrons. The lowest BCUT2D eigenvalue weighted by Crippen LogP contribution is -2.37. The summed E-state index contributed by atoms with van der Waals surface area (Å²) < 4.78 is 18.0. The zero-order valence-electron chi connectivity index (χ0n) is 11.6. The molecule has 0 aliphatic carbocycles. The Balaban J connectivity index is 2.23. The first-order valence-corrected chi connectivity index (χ1v) is 6.53. The molecule has 0 saturated heterocycles. The molecular weight excluding hydrogens is 245 g/mol. The third-order valence-electron chi connectivity index (χ3n) is 2.56. The number of guanidine groups is 1. The Kier molecular flexibility index (Phi) is 7.58. The van der Waals surface area contributed by atoms with Crippen molar-refractivity contribution in [3.05, 3.63) is 35.6 Å².